The van der Waals surface area contributed by atoms with Crippen LogP contribution in [-0.4, -0.2) is 19.3 Å². The first-order chi connectivity index (χ1) is 23.4. The maximum atomic E-state index is 6.66. The second-order valence-corrected chi connectivity index (χ2v) is 14.9. The Morgan fingerprint density at radius 2 is 1.47 bits per heavy atom. The number of fused-ring (bicyclic) bond motifs is 3. The molecule has 2 unspecified atom stereocenters. The van der Waals surface area contributed by atoms with E-state index in [1.54, 1.807) is 0 Å². The zero-order chi connectivity index (χ0) is 34.6. The zero-order valence-electron chi connectivity index (χ0n) is 30.2. The van der Waals surface area contributed by atoms with Crippen LogP contribution in [0.3, 0.4) is 0 Å². The number of nitrogens with zero attached hydrogens (tertiary/aromatic N) is 4. The van der Waals surface area contributed by atoms with Crippen molar-refractivity contribution < 1.29 is 4.74 Å². The third-order valence-corrected chi connectivity index (χ3v) is 10.4. The van der Waals surface area contributed by atoms with Crippen LogP contribution in [0.15, 0.2) is 103 Å². The van der Waals surface area contributed by atoms with E-state index in [0.717, 1.165) is 56.6 Å². The largest absolute Gasteiger partial charge is 0.457 e. The minimum absolute atomic E-state index is 0.217. The van der Waals surface area contributed by atoms with Crippen LogP contribution in [0.1, 0.15) is 68.6 Å². The van der Waals surface area contributed by atoms with Crippen LogP contribution in [0.25, 0.3) is 44.4 Å². The standard InChI is InChI=1S/C44H46N4O/c1-27-19-20-45-42(23-27)47-40-18-15-34(29(3)30(4)44(7,8)9)24-39(40)38-17-16-36(26-41(38)47)49-37-22-28(2)21-35(25-37)48-32(6)43(31(5)46-48)33-13-11-10-12-14-33/h10-26,29-30H,1-9H3. The van der Waals surface area contributed by atoms with E-state index in [9.17, 15) is 0 Å². The van der Waals surface area contributed by atoms with Crippen molar-refractivity contribution in [1.29, 1.82) is 0 Å². The van der Waals surface area contributed by atoms with Gasteiger partial charge in [-0.25, -0.2) is 9.67 Å². The molecule has 49 heavy (non-hydrogen) atoms. The van der Waals surface area contributed by atoms with Crippen LogP contribution in [0, 0.1) is 39.0 Å². The maximum absolute atomic E-state index is 6.66. The van der Waals surface area contributed by atoms with E-state index in [1.165, 1.54) is 27.5 Å². The van der Waals surface area contributed by atoms with E-state index in [2.05, 4.69) is 152 Å². The van der Waals surface area contributed by atoms with Gasteiger partial charge < -0.3 is 4.74 Å². The predicted octanol–water partition coefficient (Wildman–Crippen LogP) is 11.8. The molecule has 0 radical (unpaired) electrons. The molecule has 3 heterocycles. The molecule has 0 saturated carbocycles. The molecular weight excluding hydrogens is 601 g/mol. The molecule has 5 nitrogen and oxygen atoms in total. The van der Waals surface area contributed by atoms with Crippen molar-refractivity contribution in [2.75, 3.05) is 0 Å². The Bertz CT molecular complexity index is 2320. The number of hydrogen-bond acceptors (Lipinski definition) is 3. The van der Waals surface area contributed by atoms with Gasteiger partial charge in [-0.2, -0.15) is 5.10 Å². The molecule has 0 saturated heterocycles. The van der Waals surface area contributed by atoms with Crippen molar-refractivity contribution >= 4 is 21.8 Å². The van der Waals surface area contributed by atoms with Gasteiger partial charge in [-0.1, -0.05) is 71.0 Å². The third kappa shape index (κ3) is 6.03. The summed E-state index contributed by atoms with van der Waals surface area (Å²) in [4.78, 5) is 4.82. The molecule has 7 rings (SSSR count). The van der Waals surface area contributed by atoms with E-state index in [0.29, 0.717) is 11.8 Å². The second-order valence-electron chi connectivity index (χ2n) is 14.9. The molecule has 0 aliphatic rings. The second kappa shape index (κ2) is 12.4. The fourth-order valence-electron chi connectivity index (χ4n) is 7.26. The van der Waals surface area contributed by atoms with Crippen LogP contribution < -0.4 is 4.74 Å². The number of aromatic nitrogens is 4. The molecule has 0 bridgehead atoms. The van der Waals surface area contributed by atoms with Crippen molar-refractivity contribution in [1.82, 2.24) is 19.3 Å². The lowest BCUT2D eigenvalue weighted by Gasteiger charge is -2.32. The van der Waals surface area contributed by atoms with Crippen LogP contribution in [0.5, 0.6) is 11.5 Å². The lowest BCUT2D eigenvalue weighted by atomic mass is 9.72. The summed E-state index contributed by atoms with van der Waals surface area (Å²) in [5.41, 5.74) is 11.5. The Kier molecular flexibility index (Phi) is 8.18. The van der Waals surface area contributed by atoms with Gasteiger partial charge in [-0.05, 0) is 116 Å². The highest BCUT2D eigenvalue weighted by atomic mass is 16.5. The van der Waals surface area contributed by atoms with Crippen molar-refractivity contribution in [3.63, 3.8) is 0 Å². The Labute approximate surface area is 290 Å². The SMILES string of the molecule is Cc1cc(Oc2ccc3c4cc(C(C)C(C)C(C)(C)C)ccc4n(-c4cc(C)ccn4)c3c2)cc(-n2nc(C)c(-c3ccccc3)c2C)c1. The van der Waals surface area contributed by atoms with Gasteiger partial charge in [0.05, 0.1) is 22.4 Å². The Morgan fingerprint density at radius 1 is 0.694 bits per heavy atom. The van der Waals surface area contributed by atoms with E-state index in [1.807, 2.05) is 23.0 Å². The number of aryl methyl sites for hydroxylation is 3. The average molecular weight is 647 g/mol. The molecule has 0 N–H and O–H groups in total. The summed E-state index contributed by atoms with van der Waals surface area (Å²) >= 11 is 0. The van der Waals surface area contributed by atoms with E-state index < -0.39 is 0 Å². The Hall–Kier alpha value is -5.16. The highest BCUT2D eigenvalue weighted by Gasteiger charge is 2.27. The maximum Gasteiger partial charge on any atom is 0.137 e. The smallest absolute Gasteiger partial charge is 0.137 e. The normalized spacial score (nSPS) is 13.2. The van der Waals surface area contributed by atoms with Crippen molar-refractivity contribution in [3.8, 4) is 34.1 Å². The van der Waals surface area contributed by atoms with E-state index in [4.69, 9.17) is 14.8 Å². The van der Waals surface area contributed by atoms with Gasteiger partial charge in [0.15, 0.2) is 0 Å². The molecule has 0 spiro atoms. The molecule has 0 aliphatic carbocycles. The molecule has 4 aromatic carbocycles. The van der Waals surface area contributed by atoms with E-state index >= 15 is 0 Å². The van der Waals surface area contributed by atoms with Gasteiger partial charge >= 0.3 is 0 Å². The average Bonchev–Trinajstić information content (AvgIpc) is 3.55. The monoisotopic (exact) mass is 646 g/mol. The first kappa shape index (κ1) is 32.4. The summed E-state index contributed by atoms with van der Waals surface area (Å²) in [7, 11) is 0. The predicted molar refractivity (Wildman–Crippen MR) is 204 cm³/mol. The van der Waals surface area contributed by atoms with Gasteiger partial charge in [0.1, 0.15) is 17.3 Å². The first-order valence-electron chi connectivity index (χ1n) is 17.3. The minimum atomic E-state index is 0.217. The topological polar surface area (TPSA) is 44.9 Å². The number of pyridine rings is 1. The third-order valence-electron chi connectivity index (χ3n) is 10.4. The van der Waals surface area contributed by atoms with Gasteiger partial charge in [0.25, 0.3) is 0 Å². The lowest BCUT2D eigenvalue weighted by molar-refractivity contribution is 0.228. The summed E-state index contributed by atoms with van der Waals surface area (Å²) in [5.74, 6) is 3.39. The van der Waals surface area contributed by atoms with Crippen molar-refractivity contribution in [2.24, 2.45) is 11.3 Å². The summed E-state index contributed by atoms with van der Waals surface area (Å²) < 4.78 is 11.0. The molecule has 0 fully saturated rings. The number of rotatable bonds is 7. The van der Waals surface area contributed by atoms with Crippen LogP contribution >= 0.6 is 0 Å². The molecule has 0 amide bonds. The van der Waals surface area contributed by atoms with Gasteiger partial charge in [0, 0.05) is 40.4 Å². The van der Waals surface area contributed by atoms with Gasteiger partial charge in [0.2, 0.25) is 0 Å². The highest BCUT2D eigenvalue weighted by Crippen LogP contribution is 2.41. The minimum Gasteiger partial charge on any atom is -0.457 e. The quantitative estimate of drug-likeness (QED) is 0.173. The lowest BCUT2D eigenvalue weighted by Crippen LogP contribution is -2.22. The van der Waals surface area contributed by atoms with E-state index in [-0.39, 0.29) is 5.41 Å². The van der Waals surface area contributed by atoms with Crippen LogP contribution in [0.2, 0.25) is 0 Å². The summed E-state index contributed by atoms with van der Waals surface area (Å²) in [6.45, 7) is 20.1. The Morgan fingerprint density at radius 3 is 2.20 bits per heavy atom. The zero-order valence-corrected chi connectivity index (χ0v) is 30.2. The fourth-order valence-corrected chi connectivity index (χ4v) is 7.26. The molecule has 5 heteroatoms. The number of hydrogen-bond donors (Lipinski definition) is 0. The van der Waals surface area contributed by atoms with Crippen molar-refractivity contribution in [3.05, 3.63) is 131 Å². The number of benzene rings is 4. The molecule has 0 aliphatic heterocycles. The van der Waals surface area contributed by atoms with Gasteiger partial charge in [-0.3, -0.25) is 4.57 Å². The number of ether oxygens (including phenoxy) is 1. The Balaban J connectivity index is 1.32. The summed E-state index contributed by atoms with van der Waals surface area (Å²) in [6, 6.07) is 34.4. The fraction of sp³-hybridized carbons (Fsp3) is 0.273. The molecule has 248 valence electrons. The molecule has 2 atom stereocenters. The van der Waals surface area contributed by atoms with Crippen molar-refractivity contribution in [2.45, 2.75) is 68.2 Å². The summed E-state index contributed by atoms with van der Waals surface area (Å²) in [5, 5.41) is 7.37. The summed E-state index contributed by atoms with van der Waals surface area (Å²) in [6.07, 6.45) is 1.89. The molecular formula is C44H46N4O. The van der Waals surface area contributed by atoms with Crippen LogP contribution in [0.4, 0.5) is 0 Å². The van der Waals surface area contributed by atoms with Crippen LogP contribution in [-0.2, 0) is 0 Å². The molecule has 3 aromatic heterocycles. The highest BCUT2D eigenvalue weighted by molar-refractivity contribution is 6.09. The first-order valence-corrected chi connectivity index (χ1v) is 17.3. The molecule has 7 aromatic rings. The van der Waals surface area contributed by atoms with Gasteiger partial charge in [-0.15, -0.1) is 0 Å².